The molecule has 0 bridgehead atoms. The Labute approximate surface area is 222 Å². The fourth-order valence-electron chi connectivity index (χ4n) is 4.70. The van der Waals surface area contributed by atoms with E-state index >= 15 is 0 Å². The molecule has 5 rings (SSSR count). The minimum Gasteiger partial charge on any atom is -0.496 e. The first-order valence-corrected chi connectivity index (χ1v) is 13.3. The monoisotopic (exact) mass is 565 g/mol. The summed E-state index contributed by atoms with van der Waals surface area (Å²) in [6.45, 7) is 1.90. The molecular weight excluding hydrogens is 539 g/mol. The van der Waals surface area contributed by atoms with Gasteiger partial charge in [-0.05, 0) is 30.3 Å². The van der Waals surface area contributed by atoms with Crippen LogP contribution in [0.1, 0.15) is 11.5 Å². The molecule has 13 heteroatoms. The van der Waals surface area contributed by atoms with Crippen LogP contribution in [-0.2, 0) is 19.6 Å². The number of carbonyl (C=O) groups excluding carboxylic acids is 1. The van der Waals surface area contributed by atoms with Crippen LogP contribution in [0.3, 0.4) is 0 Å². The van der Waals surface area contributed by atoms with Crippen LogP contribution in [0.15, 0.2) is 65.6 Å². The van der Waals surface area contributed by atoms with Gasteiger partial charge >= 0.3 is 12.1 Å². The average Bonchev–Trinajstić information content (AvgIpc) is 3.28. The molecule has 9 nitrogen and oxygen atoms in total. The number of likely N-dealkylation sites (tertiary alicyclic amines) is 1. The molecule has 3 N–H and O–H groups in total. The lowest BCUT2D eigenvalue weighted by atomic mass is 9.94. The molecule has 208 valence electrons. The number of para-hydroxylation sites is 1. The van der Waals surface area contributed by atoms with E-state index in [-0.39, 0.29) is 17.3 Å². The summed E-state index contributed by atoms with van der Waals surface area (Å²) in [6.07, 6.45) is -5.08. The number of carbonyl (C=O) groups is 2. The summed E-state index contributed by atoms with van der Waals surface area (Å²) in [5.74, 6) is -2.39. The van der Waals surface area contributed by atoms with Crippen LogP contribution < -0.4 is 14.8 Å². The summed E-state index contributed by atoms with van der Waals surface area (Å²) in [7, 11) is -2.35. The van der Waals surface area contributed by atoms with Crippen LogP contribution in [-0.4, -0.2) is 69.8 Å². The first kappa shape index (κ1) is 28.2. The van der Waals surface area contributed by atoms with Crippen molar-refractivity contribution in [3.63, 3.8) is 0 Å². The molecule has 0 radical (unpaired) electrons. The highest BCUT2D eigenvalue weighted by Gasteiger charge is 2.43. The van der Waals surface area contributed by atoms with Gasteiger partial charge in [-0.2, -0.15) is 13.2 Å². The van der Waals surface area contributed by atoms with Gasteiger partial charge in [0.1, 0.15) is 5.75 Å². The molecule has 39 heavy (non-hydrogen) atoms. The summed E-state index contributed by atoms with van der Waals surface area (Å²) < 4.78 is 66.3. The van der Waals surface area contributed by atoms with E-state index in [1.165, 1.54) is 4.31 Å². The molecule has 0 aromatic heterocycles. The van der Waals surface area contributed by atoms with E-state index < -0.39 is 28.1 Å². The largest absolute Gasteiger partial charge is 0.496 e. The number of sulfonamides is 1. The van der Waals surface area contributed by atoms with E-state index in [4.69, 9.17) is 20.4 Å². The van der Waals surface area contributed by atoms with Gasteiger partial charge < -0.3 is 20.5 Å². The Balaban J connectivity index is 0.000000448. The second-order valence-corrected chi connectivity index (χ2v) is 10.9. The van der Waals surface area contributed by atoms with Crippen molar-refractivity contribution in [3.8, 4) is 5.75 Å². The maximum absolute atomic E-state index is 13.9. The van der Waals surface area contributed by atoms with E-state index in [0.717, 1.165) is 10.9 Å². The molecule has 3 aromatic carbocycles. The number of hydrogen-bond donors (Lipinski definition) is 2. The highest BCUT2D eigenvalue weighted by molar-refractivity contribution is 7.93. The maximum atomic E-state index is 13.9. The Morgan fingerprint density at radius 3 is 2.18 bits per heavy atom. The number of benzene rings is 3. The van der Waals surface area contributed by atoms with Crippen molar-refractivity contribution in [2.75, 3.05) is 37.6 Å². The Morgan fingerprint density at radius 1 is 1.00 bits per heavy atom. The van der Waals surface area contributed by atoms with Gasteiger partial charge in [0.15, 0.2) is 0 Å². The van der Waals surface area contributed by atoms with Gasteiger partial charge in [0.05, 0.1) is 30.2 Å². The minimum atomic E-state index is -5.08. The molecule has 1 amide bonds. The number of fused-ring (bicyclic) bond motifs is 2. The molecule has 1 atom stereocenters. The quantitative estimate of drug-likeness (QED) is 0.486. The van der Waals surface area contributed by atoms with Gasteiger partial charge in [0.25, 0.3) is 10.0 Å². The van der Waals surface area contributed by atoms with Crippen molar-refractivity contribution in [2.45, 2.75) is 17.0 Å². The first-order valence-electron chi connectivity index (χ1n) is 11.9. The lowest BCUT2D eigenvalue weighted by Crippen LogP contribution is -2.54. The molecular formula is C26H26F3N3O6S. The normalized spacial score (nSPS) is 17.2. The number of halogens is 3. The van der Waals surface area contributed by atoms with E-state index in [1.807, 2.05) is 30.3 Å². The fraction of sp³-hybridized carbons (Fsp3) is 0.308. The van der Waals surface area contributed by atoms with Crippen LogP contribution in [0.2, 0.25) is 0 Å². The lowest BCUT2D eigenvalue weighted by molar-refractivity contribution is -0.192. The first-order chi connectivity index (χ1) is 18.4. The SMILES string of the molecule is COc1ccc(S(=O)(=O)N2CC(C(=O)N3CC(CN)C3)c3ccccc32)c2ccccc12.O=C(O)C(F)(F)F. The number of aliphatic carboxylic acids is 1. The van der Waals surface area contributed by atoms with Crippen molar-refractivity contribution in [1.29, 1.82) is 0 Å². The molecule has 2 heterocycles. The molecule has 1 unspecified atom stereocenters. The standard InChI is InChI=1S/C24H25N3O4S.C2HF3O2/c1-31-22-10-11-23(19-8-3-2-7-18(19)22)32(29,30)27-15-20(17-6-4-5-9-21(17)27)24(28)26-13-16(12-25)14-26;3-2(4,5)1(6)7/h2-11,16,20H,12-15,25H2,1H3;(H,6,7). The smallest absolute Gasteiger partial charge is 0.490 e. The lowest BCUT2D eigenvalue weighted by Gasteiger charge is -2.40. The summed E-state index contributed by atoms with van der Waals surface area (Å²) in [5.41, 5.74) is 7.00. The number of alkyl halides is 3. The number of ether oxygens (including phenoxy) is 1. The number of anilines is 1. The molecule has 2 aliphatic rings. The number of hydrogen-bond acceptors (Lipinski definition) is 6. The van der Waals surface area contributed by atoms with Crippen molar-refractivity contribution < 1.29 is 41.0 Å². The molecule has 0 saturated carbocycles. The van der Waals surface area contributed by atoms with E-state index in [1.54, 1.807) is 42.3 Å². The number of rotatable bonds is 5. The molecule has 1 saturated heterocycles. The number of amides is 1. The Morgan fingerprint density at radius 2 is 1.59 bits per heavy atom. The van der Waals surface area contributed by atoms with Gasteiger partial charge in [0.2, 0.25) is 5.91 Å². The second-order valence-electron chi connectivity index (χ2n) is 9.11. The van der Waals surface area contributed by atoms with Crippen LogP contribution in [0.4, 0.5) is 18.9 Å². The highest BCUT2D eigenvalue weighted by Crippen LogP contribution is 2.42. The average molecular weight is 566 g/mol. The zero-order chi connectivity index (χ0) is 28.5. The van der Waals surface area contributed by atoms with E-state index in [2.05, 4.69) is 0 Å². The van der Waals surface area contributed by atoms with E-state index in [0.29, 0.717) is 42.4 Å². The van der Waals surface area contributed by atoms with Gasteiger partial charge in [-0.25, -0.2) is 13.2 Å². The fourth-order valence-corrected chi connectivity index (χ4v) is 6.40. The zero-order valence-electron chi connectivity index (χ0n) is 20.8. The van der Waals surface area contributed by atoms with Crippen molar-refractivity contribution in [3.05, 3.63) is 66.2 Å². The zero-order valence-corrected chi connectivity index (χ0v) is 21.6. The van der Waals surface area contributed by atoms with Gasteiger partial charge in [-0.15, -0.1) is 0 Å². The summed E-state index contributed by atoms with van der Waals surface area (Å²) in [5, 5.41) is 8.44. The van der Waals surface area contributed by atoms with Crippen LogP contribution >= 0.6 is 0 Å². The summed E-state index contributed by atoms with van der Waals surface area (Å²) in [6, 6.07) is 17.8. The predicted octanol–water partition coefficient (Wildman–Crippen LogP) is 3.19. The van der Waals surface area contributed by atoms with E-state index in [9.17, 15) is 26.4 Å². The molecule has 3 aromatic rings. The summed E-state index contributed by atoms with van der Waals surface area (Å²) >= 11 is 0. The number of methoxy groups -OCH3 is 1. The highest BCUT2D eigenvalue weighted by atomic mass is 32.2. The van der Waals surface area contributed by atoms with Crippen molar-refractivity contribution in [2.24, 2.45) is 11.7 Å². The minimum absolute atomic E-state index is 0.0422. The van der Waals surface area contributed by atoms with Gasteiger partial charge in [-0.3, -0.25) is 9.10 Å². The Hall–Kier alpha value is -3.84. The molecule has 0 aliphatic carbocycles. The number of carboxylic acids is 1. The van der Waals surface area contributed by atoms with Gasteiger partial charge in [-0.1, -0.05) is 42.5 Å². The van der Waals surface area contributed by atoms with Crippen molar-refractivity contribution in [1.82, 2.24) is 4.90 Å². The van der Waals surface area contributed by atoms with Crippen LogP contribution in [0.5, 0.6) is 5.75 Å². The number of nitrogens with zero attached hydrogens (tertiary/aromatic N) is 2. The third kappa shape index (κ3) is 5.36. The molecule has 1 fully saturated rings. The molecule has 0 spiro atoms. The van der Waals surface area contributed by atoms with Gasteiger partial charge in [0, 0.05) is 29.8 Å². The second kappa shape index (κ2) is 10.7. The van der Waals surface area contributed by atoms with Crippen molar-refractivity contribution >= 4 is 38.4 Å². The molecule has 2 aliphatic heterocycles. The Bertz CT molecular complexity index is 1510. The Kier molecular flexibility index (Phi) is 7.75. The van der Waals surface area contributed by atoms with Crippen LogP contribution in [0, 0.1) is 5.92 Å². The summed E-state index contributed by atoms with van der Waals surface area (Å²) in [4.78, 5) is 24.1. The number of nitrogens with two attached hydrogens (primary N) is 1. The number of carboxylic acid groups (broad SMARTS) is 1. The van der Waals surface area contributed by atoms with Crippen LogP contribution in [0.25, 0.3) is 10.8 Å². The predicted molar refractivity (Wildman–Crippen MR) is 137 cm³/mol. The third-order valence-electron chi connectivity index (χ3n) is 6.70. The maximum Gasteiger partial charge on any atom is 0.490 e. The topological polar surface area (TPSA) is 130 Å². The third-order valence-corrected chi connectivity index (χ3v) is 8.54.